The third-order valence-corrected chi connectivity index (χ3v) is 6.97. The number of hydrogen-bond donors (Lipinski definition) is 1. The van der Waals surface area contributed by atoms with Gasteiger partial charge < -0.3 is 19.5 Å². The van der Waals surface area contributed by atoms with E-state index >= 15 is 0 Å². The molecular formula is C24H25N5O3S. The summed E-state index contributed by atoms with van der Waals surface area (Å²) >= 11 is 1.36. The topological polar surface area (TPSA) is 100 Å². The molecule has 3 aromatic rings. The van der Waals surface area contributed by atoms with Crippen LogP contribution in [0.2, 0.25) is 0 Å². The fourth-order valence-electron chi connectivity index (χ4n) is 3.98. The van der Waals surface area contributed by atoms with Crippen LogP contribution in [-0.2, 0) is 36.2 Å². The summed E-state index contributed by atoms with van der Waals surface area (Å²) in [5.74, 6) is 0.234. The third kappa shape index (κ3) is 4.76. The molecule has 3 heterocycles. The molecule has 4 rings (SSSR count). The Morgan fingerprint density at radius 2 is 2.12 bits per heavy atom. The standard InChI is InChI=1S/C24H25N5O3S/c1-3-17(16-7-5-4-6-8-16)22(30)27-23-19(13-25)18-9-11-29(14-20(18)33-23)24(31)32-15-21-26-10-12-28(21)2/h4-8,10,12,17H,3,9,11,14-15H2,1-2H3,(H,27,30). The number of hydrogen-bond acceptors (Lipinski definition) is 6. The molecule has 1 aromatic carbocycles. The number of aromatic nitrogens is 2. The lowest BCUT2D eigenvalue weighted by Crippen LogP contribution is -2.36. The second-order valence-electron chi connectivity index (χ2n) is 7.86. The molecule has 0 aliphatic carbocycles. The van der Waals surface area contributed by atoms with Crippen molar-refractivity contribution in [1.82, 2.24) is 14.5 Å². The highest BCUT2D eigenvalue weighted by atomic mass is 32.1. The lowest BCUT2D eigenvalue weighted by molar-refractivity contribution is -0.117. The minimum absolute atomic E-state index is 0.0960. The monoisotopic (exact) mass is 463 g/mol. The molecule has 1 unspecified atom stereocenters. The maximum Gasteiger partial charge on any atom is 0.410 e. The molecule has 8 nitrogen and oxygen atoms in total. The first kappa shape index (κ1) is 22.6. The minimum Gasteiger partial charge on any atom is -0.441 e. The second kappa shape index (κ2) is 9.88. The van der Waals surface area contributed by atoms with Crippen molar-refractivity contribution in [3.8, 4) is 6.07 Å². The van der Waals surface area contributed by atoms with Crippen LogP contribution in [0, 0.1) is 11.3 Å². The number of benzene rings is 1. The van der Waals surface area contributed by atoms with Crippen LogP contribution in [-0.4, -0.2) is 33.0 Å². The molecule has 2 amide bonds. The number of nitrogens with one attached hydrogen (secondary N) is 1. The number of thiophene rings is 1. The minimum atomic E-state index is -0.420. The number of carbonyl (C=O) groups is 2. The number of anilines is 1. The molecule has 0 saturated heterocycles. The van der Waals surface area contributed by atoms with Crippen molar-refractivity contribution in [3.63, 3.8) is 0 Å². The summed E-state index contributed by atoms with van der Waals surface area (Å²) in [4.78, 5) is 32.3. The summed E-state index contributed by atoms with van der Waals surface area (Å²) in [7, 11) is 1.84. The van der Waals surface area contributed by atoms with Gasteiger partial charge in [0.25, 0.3) is 0 Å². The van der Waals surface area contributed by atoms with Crippen molar-refractivity contribution >= 4 is 28.3 Å². The first-order valence-corrected chi connectivity index (χ1v) is 11.6. The molecule has 0 saturated carbocycles. The van der Waals surface area contributed by atoms with Gasteiger partial charge in [-0.2, -0.15) is 5.26 Å². The first-order chi connectivity index (χ1) is 16.0. The Balaban J connectivity index is 1.46. The molecule has 0 radical (unpaired) electrons. The van der Waals surface area contributed by atoms with Gasteiger partial charge in [0.2, 0.25) is 5.91 Å². The van der Waals surface area contributed by atoms with E-state index in [9.17, 15) is 14.9 Å². The van der Waals surface area contributed by atoms with Crippen LogP contribution >= 0.6 is 11.3 Å². The van der Waals surface area contributed by atoms with Crippen molar-refractivity contribution in [2.45, 2.75) is 38.8 Å². The van der Waals surface area contributed by atoms with Crippen LogP contribution in [0.15, 0.2) is 42.7 Å². The van der Waals surface area contributed by atoms with Gasteiger partial charge in [0.05, 0.1) is 18.0 Å². The predicted octanol–water partition coefficient (Wildman–Crippen LogP) is 4.18. The van der Waals surface area contributed by atoms with Crippen LogP contribution in [0.5, 0.6) is 0 Å². The van der Waals surface area contributed by atoms with Gasteiger partial charge in [-0.3, -0.25) is 4.79 Å². The first-order valence-electron chi connectivity index (χ1n) is 10.8. The average Bonchev–Trinajstić information content (AvgIpc) is 3.40. The van der Waals surface area contributed by atoms with Crippen molar-refractivity contribution < 1.29 is 14.3 Å². The van der Waals surface area contributed by atoms with E-state index in [0.717, 1.165) is 16.0 Å². The number of aryl methyl sites for hydroxylation is 1. The summed E-state index contributed by atoms with van der Waals surface area (Å²) in [6.07, 6.45) is 4.22. The fourth-order valence-corrected chi connectivity index (χ4v) is 5.19. The van der Waals surface area contributed by atoms with Gasteiger partial charge in [0.1, 0.15) is 16.9 Å². The Hall–Kier alpha value is -3.64. The van der Waals surface area contributed by atoms with E-state index < -0.39 is 6.09 Å². The highest BCUT2D eigenvalue weighted by Crippen LogP contribution is 2.37. The van der Waals surface area contributed by atoms with Crippen LogP contribution in [0.4, 0.5) is 9.80 Å². The summed E-state index contributed by atoms with van der Waals surface area (Å²) in [6, 6.07) is 11.9. The normalized spacial score (nSPS) is 13.7. The number of amides is 2. The van der Waals surface area contributed by atoms with Crippen LogP contribution in [0.1, 0.15) is 46.7 Å². The van der Waals surface area contributed by atoms with Gasteiger partial charge in [0, 0.05) is 30.9 Å². The molecule has 1 aliphatic rings. The molecule has 0 fully saturated rings. The van der Waals surface area contributed by atoms with E-state index in [-0.39, 0.29) is 18.4 Å². The van der Waals surface area contributed by atoms with Crippen molar-refractivity contribution in [2.75, 3.05) is 11.9 Å². The van der Waals surface area contributed by atoms with Crippen molar-refractivity contribution in [3.05, 3.63) is 70.1 Å². The van der Waals surface area contributed by atoms with Gasteiger partial charge >= 0.3 is 6.09 Å². The van der Waals surface area contributed by atoms with Gasteiger partial charge in [-0.1, -0.05) is 37.3 Å². The zero-order chi connectivity index (χ0) is 23.4. The fraction of sp³-hybridized carbons (Fsp3) is 0.333. The number of carbonyl (C=O) groups excluding carboxylic acids is 2. The largest absolute Gasteiger partial charge is 0.441 e. The van der Waals surface area contributed by atoms with Crippen LogP contribution < -0.4 is 5.32 Å². The molecule has 0 bridgehead atoms. The Morgan fingerprint density at radius 1 is 1.33 bits per heavy atom. The lowest BCUT2D eigenvalue weighted by atomic mass is 9.95. The molecule has 1 atom stereocenters. The number of rotatable bonds is 6. The summed E-state index contributed by atoms with van der Waals surface area (Å²) < 4.78 is 7.22. The molecule has 170 valence electrons. The summed E-state index contributed by atoms with van der Waals surface area (Å²) in [6.45, 7) is 2.86. The highest BCUT2D eigenvalue weighted by Gasteiger charge is 2.29. The highest BCUT2D eigenvalue weighted by molar-refractivity contribution is 7.16. The Labute approximate surface area is 196 Å². The maximum atomic E-state index is 13.0. The average molecular weight is 464 g/mol. The Morgan fingerprint density at radius 3 is 2.79 bits per heavy atom. The zero-order valence-electron chi connectivity index (χ0n) is 18.6. The second-order valence-corrected chi connectivity index (χ2v) is 8.97. The van der Waals surface area contributed by atoms with E-state index in [4.69, 9.17) is 4.74 Å². The molecular weight excluding hydrogens is 438 g/mol. The van der Waals surface area contributed by atoms with E-state index in [1.54, 1.807) is 21.9 Å². The quantitative estimate of drug-likeness (QED) is 0.591. The zero-order valence-corrected chi connectivity index (χ0v) is 19.4. The van der Waals surface area contributed by atoms with Crippen LogP contribution in [0.25, 0.3) is 0 Å². The SMILES string of the molecule is CCC(C(=O)Nc1sc2c(c1C#N)CCN(C(=O)OCc1nccn1C)C2)c1ccccc1. The molecule has 1 aliphatic heterocycles. The van der Waals surface area contributed by atoms with Crippen molar-refractivity contribution in [2.24, 2.45) is 7.05 Å². The number of ether oxygens (including phenoxy) is 1. The van der Waals surface area contributed by atoms with E-state index in [1.165, 1.54) is 11.3 Å². The van der Waals surface area contributed by atoms with E-state index in [0.29, 0.717) is 42.3 Å². The van der Waals surface area contributed by atoms with Crippen molar-refractivity contribution in [1.29, 1.82) is 5.26 Å². The molecule has 1 N–H and O–H groups in total. The van der Waals surface area contributed by atoms with Gasteiger partial charge in [-0.05, 0) is 24.0 Å². The van der Waals surface area contributed by atoms with E-state index in [2.05, 4.69) is 16.4 Å². The molecule has 33 heavy (non-hydrogen) atoms. The van der Waals surface area contributed by atoms with E-state index in [1.807, 2.05) is 44.3 Å². The number of fused-ring (bicyclic) bond motifs is 1. The summed E-state index contributed by atoms with van der Waals surface area (Å²) in [5, 5.41) is 13.3. The number of imidazole rings is 1. The number of nitrogens with zero attached hydrogens (tertiary/aromatic N) is 4. The third-order valence-electron chi connectivity index (χ3n) is 5.84. The van der Waals surface area contributed by atoms with Crippen LogP contribution in [0.3, 0.4) is 0 Å². The number of nitriles is 1. The predicted molar refractivity (Wildman–Crippen MR) is 125 cm³/mol. The molecule has 0 spiro atoms. The Bertz CT molecular complexity index is 1190. The van der Waals surface area contributed by atoms with Gasteiger partial charge in [0.15, 0.2) is 6.61 Å². The Kier molecular flexibility index (Phi) is 6.75. The smallest absolute Gasteiger partial charge is 0.410 e. The molecule has 9 heteroatoms. The van der Waals surface area contributed by atoms with Gasteiger partial charge in [-0.15, -0.1) is 11.3 Å². The maximum absolute atomic E-state index is 13.0. The van der Waals surface area contributed by atoms with Gasteiger partial charge in [-0.25, -0.2) is 9.78 Å². The lowest BCUT2D eigenvalue weighted by Gasteiger charge is -2.26. The summed E-state index contributed by atoms with van der Waals surface area (Å²) in [5.41, 5.74) is 2.34. The molecule has 2 aromatic heterocycles.